The van der Waals surface area contributed by atoms with Gasteiger partial charge in [0.05, 0.1) is 4.91 Å². The number of carbonyl (C=O) groups excluding carboxylic acids is 2. The monoisotopic (exact) mass is 438 g/mol. The summed E-state index contributed by atoms with van der Waals surface area (Å²) in [5.74, 6) is 0.171. The summed E-state index contributed by atoms with van der Waals surface area (Å²) in [5.41, 5.74) is 3.71. The predicted molar refractivity (Wildman–Crippen MR) is 127 cm³/mol. The second-order valence-corrected chi connectivity index (χ2v) is 8.41. The summed E-state index contributed by atoms with van der Waals surface area (Å²) in [7, 11) is 0. The number of aryl methyl sites for hydroxylation is 1. The second kappa shape index (κ2) is 9.73. The number of amides is 2. The van der Waals surface area contributed by atoms with Crippen molar-refractivity contribution in [1.29, 1.82) is 0 Å². The Morgan fingerprint density at radius 2 is 2.03 bits per heavy atom. The lowest BCUT2D eigenvalue weighted by atomic mass is 10.1. The zero-order chi connectivity index (χ0) is 21.7. The second-order valence-electron chi connectivity index (χ2n) is 6.74. The van der Waals surface area contributed by atoms with Crippen LogP contribution < -0.4 is 10.1 Å². The van der Waals surface area contributed by atoms with E-state index < -0.39 is 0 Å². The highest BCUT2D eigenvalue weighted by Gasteiger charge is 2.30. The average Bonchev–Trinajstić information content (AvgIpc) is 2.98. The van der Waals surface area contributed by atoms with Crippen molar-refractivity contribution in [2.45, 2.75) is 13.8 Å². The number of nitrogens with zero attached hydrogens (tertiary/aromatic N) is 1. The molecule has 1 heterocycles. The lowest BCUT2D eigenvalue weighted by Gasteiger charge is -2.11. The summed E-state index contributed by atoms with van der Waals surface area (Å²) in [5, 5.41) is 2.87. The maximum Gasteiger partial charge on any atom is 0.266 e. The molecule has 2 amide bonds. The van der Waals surface area contributed by atoms with Crippen molar-refractivity contribution in [2.75, 3.05) is 18.5 Å². The Hall–Kier alpha value is -2.90. The minimum Gasteiger partial charge on any atom is -0.484 e. The number of thiocarbonyl (C=S) groups is 1. The van der Waals surface area contributed by atoms with Crippen LogP contribution in [0.4, 0.5) is 5.69 Å². The smallest absolute Gasteiger partial charge is 0.266 e. The van der Waals surface area contributed by atoms with Crippen LogP contribution in [0.15, 0.2) is 60.0 Å². The number of thioether (sulfide) groups is 1. The summed E-state index contributed by atoms with van der Waals surface area (Å²) in [6.07, 6.45) is 3.41. The first kappa shape index (κ1) is 21.8. The molecule has 154 valence electrons. The molecule has 2 aromatic carbocycles. The Morgan fingerprint density at radius 3 is 2.80 bits per heavy atom. The van der Waals surface area contributed by atoms with Gasteiger partial charge in [0.25, 0.3) is 11.8 Å². The molecule has 0 spiro atoms. The van der Waals surface area contributed by atoms with Gasteiger partial charge in [-0.1, -0.05) is 54.3 Å². The summed E-state index contributed by atoms with van der Waals surface area (Å²) in [6, 6.07) is 13.0. The highest BCUT2D eigenvalue weighted by molar-refractivity contribution is 8.26. The standard InChI is InChI=1S/C23H22N2O3S2/c1-4-11-25-22(27)20(30-23(25)29)13-17-8-6-9-18(12-17)28-14-21(26)24-19-10-5-7-15(2)16(19)3/h4-10,12-13H,1,11,14H2,2-3H3,(H,24,26)/b20-13-. The van der Waals surface area contributed by atoms with Crippen LogP contribution in [0.1, 0.15) is 16.7 Å². The number of anilines is 1. The number of nitrogens with one attached hydrogen (secondary N) is 1. The Morgan fingerprint density at radius 1 is 1.27 bits per heavy atom. The van der Waals surface area contributed by atoms with Crippen LogP contribution in [0.5, 0.6) is 5.75 Å². The van der Waals surface area contributed by atoms with Crippen molar-refractivity contribution in [3.8, 4) is 5.75 Å². The Balaban J connectivity index is 1.64. The van der Waals surface area contributed by atoms with Crippen molar-refractivity contribution in [2.24, 2.45) is 0 Å². The lowest BCUT2D eigenvalue weighted by molar-refractivity contribution is -0.121. The largest absolute Gasteiger partial charge is 0.484 e. The normalized spacial score (nSPS) is 14.9. The van der Waals surface area contributed by atoms with Crippen molar-refractivity contribution in [1.82, 2.24) is 4.90 Å². The minimum absolute atomic E-state index is 0.113. The van der Waals surface area contributed by atoms with Gasteiger partial charge in [0.15, 0.2) is 6.61 Å². The van der Waals surface area contributed by atoms with Gasteiger partial charge in [-0.25, -0.2) is 0 Å². The summed E-state index contributed by atoms with van der Waals surface area (Å²) in [4.78, 5) is 26.8. The van der Waals surface area contributed by atoms with Crippen LogP contribution in [0.2, 0.25) is 0 Å². The molecule has 1 aliphatic rings. The highest BCUT2D eigenvalue weighted by Crippen LogP contribution is 2.32. The molecule has 3 rings (SSSR count). The topological polar surface area (TPSA) is 58.6 Å². The van der Waals surface area contributed by atoms with Gasteiger partial charge in [0.2, 0.25) is 0 Å². The maximum atomic E-state index is 12.5. The van der Waals surface area contributed by atoms with E-state index in [1.54, 1.807) is 24.3 Å². The molecule has 1 saturated heterocycles. The van der Waals surface area contributed by atoms with Crippen molar-refractivity contribution < 1.29 is 14.3 Å². The molecule has 0 radical (unpaired) electrons. The molecular formula is C23H22N2O3S2. The van der Waals surface area contributed by atoms with Crippen LogP contribution in [-0.2, 0) is 9.59 Å². The van der Waals surface area contributed by atoms with Gasteiger partial charge in [-0.15, -0.1) is 6.58 Å². The lowest BCUT2D eigenvalue weighted by Crippen LogP contribution is -2.27. The van der Waals surface area contributed by atoms with Crippen LogP contribution in [-0.4, -0.2) is 34.2 Å². The van der Waals surface area contributed by atoms with Crippen LogP contribution in [0.25, 0.3) is 6.08 Å². The number of hydrogen-bond acceptors (Lipinski definition) is 5. The molecule has 0 atom stereocenters. The van der Waals surface area contributed by atoms with E-state index in [9.17, 15) is 9.59 Å². The van der Waals surface area contributed by atoms with E-state index in [2.05, 4.69) is 11.9 Å². The Bertz CT molecular complexity index is 1050. The number of rotatable bonds is 7. The summed E-state index contributed by atoms with van der Waals surface area (Å²) < 4.78 is 6.16. The van der Waals surface area contributed by atoms with Gasteiger partial charge >= 0.3 is 0 Å². The quantitative estimate of drug-likeness (QED) is 0.385. The van der Waals surface area contributed by atoms with Gasteiger partial charge in [-0.2, -0.15) is 0 Å². The fourth-order valence-electron chi connectivity index (χ4n) is 2.85. The average molecular weight is 439 g/mol. The fourth-order valence-corrected chi connectivity index (χ4v) is 4.13. The molecule has 30 heavy (non-hydrogen) atoms. The van der Waals surface area contributed by atoms with Crippen molar-refractivity contribution >= 4 is 51.9 Å². The number of benzene rings is 2. The Kier molecular flexibility index (Phi) is 7.07. The number of hydrogen-bond donors (Lipinski definition) is 1. The maximum absolute atomic E-state index is 12.5. The van der Waals surface area contributed by atoms with Gasteiger partial charge in [-0.3, -0.25) is 14.5 Å². The van der Waals surface area contributed by atoms with Gasteiger partial charge in [0, 0.05) is 12.2 Å². The molecule has 5 nitrogen and oxygen atoms in total. The first-order valence-electron chi connectivity index (χ1n) is 9.34. The van der Waals surface area contributed by atoms with E-state index in [0.717, 1.165) is 22.4 Å². The number of ether oxygens (including phenoxy) is 1. The first-order chi connectivity index (χ1) is 14.4. The first-order valence-corrected chi connectivity index (χ1v) is 10.6. The Labute approximate surface area is 185 Å². The van der Waals surface area contributed by atoms with E-state index in [1.807, 2.05) is 44.2 Å². The van der Waals surface area contributed by atoms with E-state index in [4.69, 9.17) is 17.0 Å². The third-order valence-electron chi connectivity index (χ3n) is 4.59. The van der Waals surface area contributed by atoms with Crippen LogP contribution in [0, 0.1) is 13.8 Å². The summed E-state index contributed by atoms with van der Waals surface area (Å²) in [6.45, 7) is 7.89. The molecule has 7 heteroatoms. The molecular weight excluding hydrogens is 416 g/mol. The van der Waals surface area contributed by atoms with Crippen LogP contribution >= 0.6 is 24.0 Å². The van der Waals surface area contributed by atoms with Crippen molar-refractivity contribution in [3.63, 3.8) is 0 Å². The summed E-state index contributed by atoms with van der Waals surface area (Å²) >= 11 is 6.51. The molecule has 2 aromatic rings. The van der Waals surface area contributed by atoms with E-state index in [0.29, 0.717) is 21.5 Å². The minimum atomic E-state index is -0.237. The third kappa shape index (κ3) is 5.17. The SMILES string of the molecule is C=CCN1C(=O)/C(=C/c2cccc(OCC(=O)Nc3cccc(C)c3C)c2)SC1=S. The molecule has 0 aromatic heterocycles. The molecule has 0 bridgehead atoms. The van der Waals surface area contributed by atoms with Crippen LogP contribution in [0.3, 0.4) is 0 Å². The zero-order valence-corrected chi connectivity index (χ0v) is 18.4. The zero-order valence-electron chi connectivity index (χ0n) is 16.8. The van der Waals surface area contributed by atoms with Gasteiger partial charge < -0.3 is 10.1 Å². The van der Waals surface area contributed by atoms with E-state index in [-0.39, 0.29) is 18.4 Å². The third-order valence-corrected chi connectivity index (χ3v) is 5.97. The molecule has 0 saturated carbocycles. The fraction of sp³-hybridized carbons (Fsp3) is 0.174. The molecule has 0 unspecified atom stereocenters. The highest BCUT2D eigenvalue weighted by atomic mass is 32.2. The van der Waals surface area contributed by atoms with Crippen molar-refractivity contribution in [3.05, 3.63) is 76.7 Å². The van der Waals surface area contributed by atoms with Gasteiger partial charge in [-0.05, 0) is 54.8 Å². The predicted octanol–water partition coefficient (Wildman–Crippen LogP) is 4.71. The number of carbonyl (C=O) groups is 2. The van der Waals surface area contributed by atoms with E-state index >= 15 is 0 Å². The molecule has 1 aliphatic heterocycles. The molecule has 1 fully saturated rings. The molecule has 1 N–H and O–H groups in total. The van der Waals surface area contributed by atoms with E-state index in [1.165, 1.54) is 16.7 Å². The molecule has 0 aliphatic carbocycles. The van der Waals surface area contributed by atoms with Gasteiger partial charge in [0.1, 0.15) is 10.1 Å².